The number of rotatable bonds is 0. The van der Waals surface area contributed by atoms with Crippen LogP contribution in [0.25, 0.3) is 0 Å². The molecule has 7 rings (SSSR count). The highest BCUT2D eigenvalue weighted by Crippen LogP contribution is 2.70. The van der Waals surface area contributed by atoms with E-state index >= 15 is 0 Å². The van der Waals surface area contributed by atoms with Crippen molar-refractivity contribution in [3.63, 3.8) is 0 Å². The lowest BCUT2D eigenvalue weighted by atomic mass is 9.62. The number of allylic oxidation sites excluding steroid dienone is 2. The molecule has 0 amide bonds. The lowest BCUT2D eigenvalue weighted by molar-refractivity contribution is 0.0769. The third-order valence-corrected chi connectivity index (χ3v) is 7.81. The van der Waals surface area contributed by atoms with Gasteiger partial charge in [0.15, 0.2) is 5.78 Å². The van der Waals surface area contributed by atoms with Gasteiger partial charge in [0.05, 0.1) is 0 Å². The molecule has 1 fully saturated rings. The zero-order valence-corrected chi connectivity index (χ0v) is 13.2. The topological polar surface area (TPSA) is 17.1 Å². The monoisotopic (exact) mass is 290 g/mol. The molecule has 0 N–H and O–H groups in total. The number of carbonyl (C=O) groups is 1. The summed E-state index contributed by atoms with van der Waals surface area (Å²) in [5.74, 6) is 2.93. The molecule has 1 aromatic carbocycles. The SMILES string of the molecule is CC1CC2=C3C4CCC2(C4)C2CCc4cc(ccc4C2=O)C31. The van der Waals surface area contributed by atoms with E-state index in [4.69, 9.17) is 0 Å². The van der Waals surface area contributed by atoms with Crippen LogP contribution in [0.2, 0.25) is 0 Å². The van der Waals surface area contributed by atoms with Gasteiger partial charge in [-0.05, 0) is 61.5 Å². The molecule has 1 nitrogen and oxygen atoms in total. The maximum atomic E-state index is 13.2. The van der Waals surface area contributed by atoms with Gasteiger partial charge in [0.1, 0.15) is 0 Å². The minimum absolute atomic E-state index is 0.268. The molecule has 0 radical (unpaired) electrons. The van der Waals surface area contributed by atoms with E-state index in [1.54, 1.807) is 11.1 Å². The predicted molar refractivity (Wildman–Crippen MR) is 85.9 cm³/mol. The molecule has 0 aliphatic heterocycles. The fourth-order valence-corrected chi connectivity index (χ4v) is 7.09. The van der Waals surface area contributed by atoms with E-state index in [2.05, 4.69) is 25.1 Å². The second-order valence-corrected chi connectivity index (χ2v) is 8.56. The predicted octanol–water partition coefficient (Wildman–Crippen LogP) is 4.67. The Kier molecular flexibility index (Phi) is 1.97. The lowest BCUT2D eigenvalue weighted by Crippen LogP contribution is -2.38. The van der Waals surface area contributed by atoms with Gasteiger partial charge in [0.2, 0.25) is 0 Å². The zero-order valence-electron chi connectivity index (χ0n) is 13.2. The van der Waals surface area contributed by atoms with Crippen molar-refractivity contribution in [1.29, 1.82) is 0 Å². The Morgan fingerprint density at radius 2 is 2.14 bits per heavy atom. The lowest BCUT2D eigenvalue weighted by Gasteiger charge is -2.40. The standard InChI is InChI=1S/C21H22O/c1-11-8-17-19-14-6-7-21(17,10-14)16-5-3-12-9-13(18(11)19)2-4-15(12)20(16)22/h2,4,9,11,14,16,18H,3,5-8,10H2,1H3. The van der Waals surface area contributed by atoms with Crippen molar-refractivity contribution in [3.8, 4) is 0 Å². The molecule has 6 aliphatic carbocycles. The molecule has 1 heteroatoms. The molecule has 5 unspecified atom stereocenters. The molecule has 0 saturated heterocycles. The van der Waals surface area contributed by atoms with Crippen LogP contribution in [0.15, 0.2) is 29.3 Å². The minimum atomic E-state index is 0.268. The third-order valence-electron chi connectivity index (χ3n) is 7.81. The summed E-state index contributed by atoms with van der Waals surface area (Å²) < 4.78 is 0. The molecule has 5 atom stereocenters. The van der Waals surface area contributed by atoms with Gasteiger partial charge in [-0.1, -0.05) is 36.3 Å². The van der Waals surface area contributed by atoms with Crippen molar-refractivity contribution in [2.24, 2.45) is 23.2 Å². The van der Waals surface area contributed by atoms with Gasteiger partial charge in [-0.25, -0.2) is 0 Å². The summed E-state index contributed by atoms with van der Waals surface area (Å²) in [5, 5.41) is 0. The van der Waals surface area contributed by atoms with E-state index in [9.17, 15) is 4.79 Å². The van der Waals surface area contributed by atoms with Crippen LogP contribution in [0.4, 0.5) is 0 Å². The fraction of sp³-hybridized carbons (Fsp3) is 0.571. The van der Waals surface area contributed by atoms with Crippen LogP contribution in [-0.2, 0) is 6.42 Å². The van der Waals surface area contributed by atoms with Crippen molar-refractivity contribution < 1.29 is 4.79 Å². The van der Waals surface area contributed by atoms with Gasteiger partial charge < -0.3 is 0 Å². The van der Waals surface area contributed by atoms with Crippen LogP contribution in [0.5, 0.6) is 0 Å². The molecular formula is C21H22O. The fourth-order valence-electron chi connectivity index (χ4n) is 7.09. The number of ketones is 1. The highest BCUT2D eigenvalue weighted by molar-refractivity contribution is 6.01. The maximum absolute atomic E-state index is 13.2. The maximum Gasteiger partial charge on any atom is 0.167 e. The first-order chi connectivity index (χ1) is 10.7. The third kappa shape index (κ3) is 1.13. The Hall–Kier alpha value is -1.37. The van der Waals surface area contributed by atoms with Crippen molar-refractivity contribution >= 4 is 5.78 Å². The summed E-state index contributed by atoms with van der Waals surface area (Å²) in [6.45, 7) is 2.44. The van der Waals surface area contributed by atoms with Gasteiger partial charge >= 0.3 is 0 Å². The van der Waals surface area contributed by atoms with E-state index in [1.807, 2.05) is 0 Å². The van der Waals surface area contributed by atoms with Crippen LogP contribution in [0, 0.1) is 23.2 Å². The van der Waals surface area contributed by atoms with Crippen molar-refractivity contribution in [2.75, 3.05) is 0 Å². The van der Waals surface area contributed by atoms with Crippen LogP contribution >= 0.6 is 0 Å². The molecule has 9 bridgehead atoms. The molecule has 0 heterocycles. The van der Waals surface area contributed by atoms with E-state index in [0.717, 1.165) is 30.2 Å². The van der Waals surface area contributed by atoms with Crippen molar-refractivity contribution in [1.82, 2.24) is 0 Å². The average Bonchev–Trinajstić information content (AvgIpc) is 3.15. The Morgan fingerprint density at radius 1 is 1.23 bits per heavy atom. The highest BCUT2D eigenvalue weighted by atomic mass is 16.1. The Balaban J connectivity index is 1.72. The molecule has 1 aromatic rings. The van der Waals surface area contributed by atoms with E-state index < -0.39 is 0 Å². The second kappa shape index (κ2) is 3.58. The van der Waals surface area contributed by atoms with Crippen LogP contribution in [-0.4, -0.2) is 5.78 Å². The van der Waals surface area contributed by atoms with Gasteiger partial charge in [-0.2, -0.15) is 0 Å². The number of hydrogen-bond donors (Lipinski definition) is 0. The Morgan fingerprint density at radius 3 is 3.05 bits per heavy atom. The van der Waals surface area contributed by atoms with Crippen LogP contribution < -0.4 is 0 Å². The number of hydrogen-bond acceptors (Lipinski definition) is 1. The van der Waals surface area contributed by atoms with Gasteiger partial charge in [-0.15, -0.1) is 0 Å². The number of aryl methyl sites for hydroxylation is 1. The first-order valence-electron chi connectivity index (χ1n) is 9.09. The first kappa shape index (κ1) is 12.1. The normalized spacial score (nSPS) is 43.6. The quantitative estimate of drug-likeness (QED) is 0.635. The summed E-state index contributed by atoms with van der Waals surface area (Å²) in [7, 11) is 0. The number of carbonyl (C=O) groups excluding carboxylic acids is 1. The molecular weight excluding hydrogens is 268 g/mol. The Bertz CT molecular complexity index is 770. The second-order valence-electron chi connectivity index (χ2n) is 8.56. The summed E-state index contributed by atoms with van der Waals surface area (Å²) in [6, 6.07) is 6.84. The first-order valence-corrected chi connectivity index (χ1v) is 9.09. The minimum Gasteiger partial charge on any atom is -0.294 e. The van der Waals surface area contributed by atoms with E-state index in [0.29, 0.717) is 11.7 Å². The molecule has 6 aliphatic rings. The molecule has 112 valence electrons. The summed E-state index contributed by atoms with van der Waals surface area (Å²) >= 11 is 0. The van der Waals surface area contributed by atoms with Crippen molar-refractivity contribution in [3.05, 3.63) is 46.0 Å². The summed E-state index contributed by atoms with van der Waals surface area (Å²) in [6.07, 6.45) is 7.41. The van der Waals surface area contributed by atoms with E-state index in [1.165, 1.54) is 36.8 Å². The van der Waals surface area contributed by atoms with E-state index in [-0.39, 0.29) is 11.3 Å². The van der Waals surface area contributed by atoms with Gasteiger partial charge in [0, 0.05) is 22.8 Å². The summed E-state index contributed by atoms with van der Waals surface area (Å²) in [5.41, 5.74) is 7.72. The smallest absolute Gasteiger partial charge is 0.167 e. The Labute approximate surface area is 131 Å². The van der Waals surface area contributed by atoms with Crippen molar-refractivity contribution in [2.45, 2.75) is 51.4 Å². The highest BCUT2D eigenvalue weighted by Gasteiger charge is 2.60. The average molecular weight is 290 g/mol. The number of Topliss-reactive ketones (excluding diaryl/α,β-unsaturated/α-hetero) is 1. The number of benzene rings is 1. The largest absolute Gasteiger partial charge is 0.294 e. The zero-order chi connectivity index (χ0) is 14.6. The van der Waals surface area contributed by atoms with Crippen LogP contribution in [0.3, 0.4) is 0 Å². The number of fused-ring (bicyclic) bond motifs is 3. The molecule has 1 spiro atoms. The molecule has 22 heavy (non-hydrogen) atoms. The van der Waals surface area contributed by atoms with Crippen LogP contribution in [0.1, 0.15) is 66.4 Å². The molecule has 0 aromatic heterocycles. The van der Waals surface area contributed by atoms with Gasteiger partial charge in [-0.3, -0.25) is 4.79 Å². The van der Waals surface area contributed by atoms with Gasteiger partial charge in [0.25, 0.3) is 0 Å². The summed E-state index contributed by atoms with van der Waals surface area (Å²) in [4.78, 5) is 13.2. The molecule has 1 saturated carbocycles.